The zero-order chi connectivity index (χ0) is 23.8. The summed E-state index contributed by atoms with van der Waals surface area (Å²) >= 11 is 0. The van der Waals surface area contributed by atoms with Crippen LogP contribution in [0.25, 0.3) is 11.4 Å². The topological polar surface area (TPSA) is 59.2 Å². The highest BCUT2D eigenvalue weighted by molar-refractivity contribution is 5.94. The molecule has 0 atom stereocenters. The van der Waals surface area contributed by atoms with Crippen LogP contribution in [0.5, 0.6) is 0 Å². The number of carbonyl (C=O) groups is 1. The standard InChI is InChI=1S/C25H26F3N3O2/c1-24(2,3)19-8-6-18(7-9-19)23(32)31-14-12-17(13-15-31)22-29-21(30-33-22)16-4-10-20(11-5-16)25(26,27)28/h4-11,17H,12-15H2,1-3H3. The molecule has 0 aliphatic carbocycles. The van der Waals surface area contributed by atoms with Gasteiger partial charge in [0.25, 0.3) is 5.91 Å². The van der Waals surface area contributed by atoms with E-state index in [0.717, 1.165) is 12.1 Å². The molecule has 0 unspecified atom stereocenters. The van der Waals surface area contributed by atoms with Crippen molar-refractivity contribution < 1.29 is 22.5 Å². The fraction of sp³-hybridized carbons (Fsp3) is 0.400. The number of nitrogens with zero attached hydrogens (tertiary/aromatic N) is 3. The number of hydrogen-bond acceptors (Lipinski definition) is 4. The Kier molecular flexibility index (Phi) is 6.03. The van der Waals surface area contributed by atoms with Gasteiger partial charge in [0.1, 0.15) is 0 Å². The number of benzene rings is 2. The Morgan fingerprint density at radius 3 is 2.06 bits per heavy atom. The summed E-state index contributed by atoms with van der Waals surface area (Å²) in [5, 5.41) is 3.94. The van der Waals surface area contributed by atoms with Crippen LogP contribution in [0.15, 0.2) is 53.1 Å². The summed E-state index contributed by atoms with van der Waals surface area (Å²) in [5.41, 5.74) is 1.62. The maximum atomic E-state index is 12.9. The SMILES string of the molecule is CC(C)(C)c1ccc(C(=O)N2CCC(c3nc(-c4ccc(C(F)(F)F)cc4)no3)CC2)cc1. The van der Waals surface area contributed by atoms with Crippen molar-refractivity contribution in [1.82, 2.24) is 15.0 Å². The zero-order valence-electron chi connectivity index (χ0n) is 18.8. The van der Waals surface area contributed by atoms with E-state index in [1.807, 2.05) is 29.2 Å². The molecule has 0 radical (unpaired) electrons. The molecule has 0 bridgehead atoms. The van der Waals surface area contributed by atoms with Gasteiger partial charge in [0.15, 0.2) is 0 Å². The molecule has 0 spiro atoms. The van der Waals surface area contributed by atoms with Crippen molar-refractivity contribution in [3.05, 3.63) is 71.1 Å². The highest BCUT2D eigenvalue weighted by Gasteiger charge is 2.31. The summed E-state index contributed by atoms with van der Waals surface area (Å²) in [6.07, 6.45) is -3.03. The van der Waals surface area contributed by atoms with E-state index in [1.165, 1.54) is 17.7 Å². The first-order chi connectivity index (χ1) is 15.5. The maximum absolute atomic E-state index is 12.9. The molecular formula is C25H26F3N3O2. The Morgan fingerprint density at radius 2 is 1.52 bits per heavy atom. The Hall–Kier alpha value is -3.16. The quantitative estimate of drug-likeness (QED) is 0.479. The Labute approximate surface area is 190 Å². The van der Waals surface area contributed by atoms with Gasteiger partial charge in [-0.25, -0.2) is 0 Å². The number of rotatable bonds is 3. The third-order valence-corrected chi connectivity index (χ3v) is 6.04. The second kappa shape index (κ2) is 8.65. The minimum Gasteiger partial charge on any atom is -0.339 e. The number of aromatic nitrogens is 2. The first-order valence-corrected chi connectivity index (χ1v) is 10.9. The summed E-state index contributed by atoms with van der Waals surface area (Å²) in [5.74, 6) is 0.723. The smallest absolute Gasteiger partial charge is 0.339 e. The molecule has 0 saturated carbocycles. The molecule has 1 aliphatic heterocycles. The number of piperidine rings is 1. The van der Waals surface area contributed by atoms with Crippen LogP contribution in [0.2, 0.25) is 0 Å². The second-order valence-corrected chi connectivity index (χ2v) is 9.43. The lowest BCUT2D eigenvalue weighted by molar-refractivity contribution is -0.137. The lowest BCUT2D eigenvalue weighted by atomic mass is 9.86. The molecule has 1 aliphatic rings. The van der Waals surface area contributed by atoms with Crippen molar-refractivity contribution in [2.45, 2.75) is 51.1 Å². The third-order valence-electron chi connectivity index (χ3n) is 6.04. The summed E-state index contributed by atoms with van der Waals surface area (Å²) in [4.78, 5) is 19.1. The fourth-order valence-corrected chi connectivity index (χ4v) is 3.95. The predicted molar refractivity (Wildman–Crippen MR) is 118 cm³/mol. The highest BCUT2D eigenvalue weighted by Crippen LogP contribution is 2.32. The van der Waals surface area contributed by atoms with Crippen molar-refractivity contribution in [3.63, 3.8) is 0 Å². The van der Waals surface area contributed by atoms with E-state index >= 15 is 0 Å². The van der Waals surface area contributed by atoms with Crippen molar-refractivity contribution in [1.29, 1.82) is 0 Å². The van der Waals surface area contributed by atoms with E-state index in [4.69, 9.17) is 4.52 Å². The van der Waals surface area contributed by atoms with Gasteiger partial charge < -0.3 is 9.42 Å². The van der Waals surface area contributed by atoms with Gasteiger partial charge in [-0.3, -0.25) is 4.79 Å². The molecule has 33 heavy (non-hydrogen) atoms. The van der Waals surface area contributed by atoms with Crippen LogP contribution >= 0.6 is 0 Å². The molecule has 1 aromatic heterocycles. The average Bonchev–Trinajstić information content (AvgIpc) is 3.28. The van der Waals surface area contributed by atoms with E-state index in [0.29, 0.717) is 42.9 Å². The van der Waals surface area contributed by atoms with Gasteiger partial charge in [-0.15, -0.1) is 0 Å². The number of hydrogen-bond donors (Lipinski definition) is 0. The van der Waals surface area contributed by atoms with Crippen LogP contribution in [0.3, 0.4) is 0 Å². The van der Waals surface area contributed by atoms with Gasteiger partial charge in [-0.05, 0) is 48.1 Å². The van der Waals surface area contributed by atoms with E-state index < -0.39 is 11.7 Å². The van der Waals surface area contributed by atoms with Crippen LogP contribution < -0.4 is 0 Å². The number of amides is 1. The van der Waals surface area contributed by atoms with Crippen LogP contribution in [0.1, 0.15) is 66.9 Å². The molecule has 5 nitrogen and oxygen atoms in total. The van der Waals surface area contributed by atoms with E-state index in [9.17, 15) is 18.0 Å². The van der Waals surface area contributed by atoms with Gasteiger partial charge in [0.2, 0.25) is 11.7 Å². The van der Waals surface area contributed by atoms with Crippen LogP contribution in [-0.4, -0.2) is 34.0 Å². The van der Waals surface area contributed by atoms with Gasteiger partial charge in [-0.1, -0.05) is 50.2 Å². The summed E-state index contributed by atoms with van der Waals surface area (Å²) in [6, 6.07) is 12.4. The zero-order valence-corrected chi connectivity index (χ0v) is 18.8. The van der Waals surface area contributed by atoms with Gasteiger partial charge in [0.05, 0.1) is 5.56 Å². The molecule has 1 amide bonds. The highest BCUT2D eigenvalue weighted by atomic mass is 19.4. The fourth-order valence-electron chi connectivity index (χ4n) is 3.95. The van der Waals surface area contributed by atoms with Crippen molar-refractivity contribution in [2.24, 2.45) is 0 Å². The second-order valence-electron chi connectivity index (χ2n) is 9.43. The van der Waals surface area contributed by atoms with E-state index in [2.05, 4.69) is 30.9 Å². The molecular weight excluding hydrogens is 431 g/mol. The van der Waals surface area contributed by atoms with Crippen LogP contribution in [-0.2, 0) is 11.6 Å². The minimum atomic E-state index is -4.39. The molecule has 1 saturated heterocycles. The first kappa shape index (κ1) is 23.0. The lowest BCUT2D eigenvalue weighted by Crippen LogP contribution is -2.38. The largest absolute Gasteiger partial charge is 0.416 e. The molecule has 8 heteroatoms. The molecule has 0 N–H and O–H groups in total. The number of halogens is 3. The average molecular weight is 457 g/mol. The Balaban J connectivity index is 1.37. The maximum Gasteiger partial charge on any atom is 0.416 e. The van der Waals surface area contributed by atoms with Gasteiger partial charge >= 0.3 is 6.18 Å². The monoisotopic (exact) mass is 457 g/mol. The lowest BCUT2D eigenvalue weighted by Gasteiger charge is -2.30. The summed E-state index contributed by atoms with van der Waals surface area (Å²) in [7, 11) is 0. The van der Waals surface area contributed by atoms with Crippen LogP contribution in [0, 0.1) is 0 Å². The molecule has 3 aromatic rings. The Morgan fingerprint density at radius 1 is 0.939 bits per heavy atom. The number of carbonyl (C=O) groups excluding carboxylic acids is 1. The predicted octanol–water partition coefficient (Wildman–Crippen LogP) is 6.07. The summed E-state index contributed by atoms with van der Waals surface area (Å²) < 4.78 is 43.7. The third kappa shape index (κ3) is 5.10. The molecule has 1 fully saturated rings. The van der Waals surface area contributed by atoms with Gasteiger partial charge in [-0.2, -0.15) is 18.2 Å². The van der Waals surface area contributed by atoms with Gasteiger partial charge in [0, 0.05) is 30.1 Å². The van der Waals surface area contributed by atoms with E-state index in [1.54, 1.807) is 0 Å². The molecule has 2 aromatic carbocycles. The minimum absolute atomic E-state index is 0.00452. The summed E-state index contributed by atoms with van der Waals surface area (Å²) in [6.45, 7) is 7.55. The number of alkyl halides is 3. The normalized spacial score (nSPS) is 15.6. The van der Waals surface area contributed by atoms with Crippen molar-refractivity contribution >= 4 is 5.91 Å². The Bertz CT molecular complexity index is 1110. The molecule has 4 rings (SSSR count). The molecule has 2 heterocycles. The van der Waals surface area contributed by atoms with Crippen molar-refractivity contribution in [2.75, 3.05) is 13.1 Å². The number of likely N-dealkylation sites (tertiary alicyclic amines) is 1. The van der Waals surface area contributed by atoms with Crippen molar-refractivity contribution in [3.8, 4) is 11.4 Å². The molecule has 174 valence electrons. The van der Waals surface area contributed by atoms with Crippen LogP contribution in [0.4, 0.5) is 13.2 Å². The first-order valence-electron chi connectivity index (χ1n) is 10.9. The van der Waals surface area contributed by atoms with E-state index in [-0.39, 0.29) is 23.1 Å².